The Bertz CT molecular complexity index is 1220. The molecule has 0 radical (unpaired) electrons. The van der Waals surface area contributed by atoms with Crippen molar-refractivity contribution in [2.75, 3.05) is 45.8 Å². The number of carboxylic acid groups (broad SMARTS) is 1. The number of carboxylic acids is 1. The number of benzene rings is 2. The lowest BCUT2D eigenvalue weighted by atomic mass is 9.82. The van der Waals surface area contributed by atoms with Crippen molar-refractivity contribution < 1.29 is 32.5 Å². The van der Waals surface area contributed by atoms with E-state index in [0.29, 0.717) is 56.3 Å². The third-order valence-electron chi connectivity index (χ3n) is 7.67. The number of hydrogen-bond donors (Lipinski definition) is 1. The highest BCUT2D eigenvalue weighted by atomic mass is 32.2. The molecule has 2 heterocycles. The second kappa shape index (κ2) is 13.0. The average molecular weight is 561 g/mol. The Morgan fingerprint density at radius 2 is 1.74 bits per heavy atom. The van der Waals surface area contributed by atoms with Crippen molar-refractivity contribution in [2.24, 2.45) is 5.92 Å². The van der Waals surface area contributed by atoms with Crippen LogP contribution in [0.5, 0.6) is 17.2 Å². The van der Waals surface area contributed by atoms with Crippen molar-refractivity contribution in [1.29, 1.82) is 0 Å². The summed E-state index contributed by atoms with van der Waals surface area (Å²) in [6, 6.07) is 12.6. The van der Waals surface area contributed by atoms with Gasteiger partial charge in [0, 0.05) is 38.1 Å². The predicted molar refractivity (Wildman–Crippen MR) is 149 cm³/mol. The average Bonchev–Trinajstić information content (AvgIpc) is 3.55. The second-order valence-corrected chi connectivity index (χ2v) is 12.3. The number of unbranched alkanes of at least 4 members (excludes halogenated alkanes) is 2. The molecule has 0 bridgehead atoms. The molecule has 1 N–H and O–H groups in total. The molecule has 0 aliphatic carbocycles. The molecule has 2 aliphatic rings. The van der Waals surface area contributed by atoms with Gasteiger partial charge in [0.2, 0.25) is 16.8 Å². The SMILES string of the molecule is CCCCCS(=O)(=O)N(CCC)CCN1CC(c2ccc3c(c2)OCO3)C(C(=O)O)C1c1ccc(OC)cc1. The zero-order valence-corrected chi connectivity index (χ0v) is 23.9. The maximum absolute atomic E-state index is 13.2. The van der Waals surface area contributed by atoms with E-state index in [9.17, 15) is 18.3 Å². The van der Waals surface area contributed by atoms with Gasteiger partial charge in [-0.25, -0.2) is 12.7 Å². The van der Waals surface area contributed by atoms with Crippen molar-refractivity contribution in [1.82, 2.24) is 9.21 Å². The molecule has 4 rings (SSSR count). The third kappa shape index (κ3) is 6.67. The number of fused-ring (bicyclic) bond motifs is 1. The summed E-state index contributed by atoms with van der Waals surface area (Å²) in [6.45, 7) is 5.84. The molecule has 1 saturated heterocycles. The molecule has 39 heavy (non-hydrogen) atoms. The summed E-state index contributed by atoms with van der Waals surface area (Å²) in [7, 11) is -1.81. The van der Waals surface area contributed by atoms with E-state index in [4.69, 9.17) is 14.2 Å². The molecule has 2 aliphatic heterocycles. The van der Waals surface area contributed by atoms with Gasteiger partial charge in [-0.2, -0.15) is 0 Å². The number of sulfonamides is 1. The third-order valence-corrected chi connectivity index (χ3v) is 9.63. The van der Waals surface area contributed by atoms with Gasteiger partial charge in [0.25, 0.3) is 0 Å². The fourth-order valence-electron chi connectivity index (χ4n) is 5.68. The van der Waals surface area contributed by atoms with E-state index in [2.05, 4.69) is 11.8 Å². The lowest BCUT2D eigenvalue weighted by Crippen LogP contribution is -2.40. The first-order valence-corrected chi connectivity index (χ1v) is 15.4. The molecule has 0 aromatic heterocycles. The lowest BCUT2D eigenvalue weighted by Gasteiger charge is -2.30. The van der Waals surface area contributed by atoms with Crippen LogP contribution in [0, 0.1) is 5.92 Å². The molecule has 3 unspecified atom stereocenters. The van der Waals surface area contributed by atoms with Gasteiger partial charge in [-0.3, -0.25) is 9.69 Å². The van der Waals surface area contributed by atoms with E-state index >= 15 is 0 Å². The summed E-state index contributed by atoms with van der Waals surface area (Å²) in [5.74, 6) is 0.150. The highest BCUT2D eigenvalue weighted by Gasteiger charge is 2.47. The van der Waals surface area contributed by atoms with E-state index in [1.54, 1.807) is 11.4 Å². The Balaban J connectivity index is 1.64. The van der Waals surface area contributed by atoms with E-state index in [1.165, 1.54) is 0 Å². The van der Waals surface area contributed by atoms with Crippen LogP contribution >= 0.6 is 0 Å². The fourth-order valence-corrected chi connectivity index (χ4v) is 7.33. The number of carbonyl (C=O) groups is 1. The molecular weight excluding hydrogens is 520 g/mol. The van der Waals surface area contributed by atoms with Crippen molar-refractivity contribution in [3.8, 4) is 17.2 Å². The maximum Gasteiger partial charge on any atom is 0.309 e. The molecule has 10 heteroatoms. The van der Waals surface area contributed by atoms with Crippen LogP contribution in [0.4, 0.5) is 0 Å². The van der Waals surface area contributed by atoms with E-state index < -0.39 is 28.0 Å². The Morgan fingerprint density at radius 3 is 2.41 bits per heavy atom. The Hall–Kier alpha value is -2.82. The summed E-state index contributed by atoms with van der Waals surface area (Å²) < 4.78 is 44.3. The number of hydrogen-bond acceptors (Lipinski definition) is 7. The zero-order valence-electron chi connectivity index (χ0n) is 23.0. The number of ether oxygens (including phenoxy) is 3. The predicted octanol–water partition coefficient (Wildman–Crippen LogP) is 4.50. The normalized spacial score (nSPS) is 21.0. The topological polar surface area (TPSA) is 106 Å². The monoisotopic (exact) mass is 560 g/mol. The first-order valence-electron chi connectivity index (χ1n) is 13.8. The van der Waals surface area contributed by atoms with Crippen molar-refractivity contribution in [2.45, 2.75) is 51.5 Å². The summed E-state index contributed by atoms with van der Waals surface area (Å²) in [5.41, 5.74) is 1.73. The molecule has 2 aromatic rings. The van der Waals surface area contributed by atoms with Crippen molar-refractivity contribution in [3.05, 3.63) is 53.6 Å². The second-order valence-electron chi connectivity index (χ2n) is 10.2. The van der Waals surface area contributed by atoms with Gasteiger partial charge in [-0.15, -0.1) is 0 Å². The molecule has 0 saturated carbocycles. The number of aliphatic carboxylic acids is 1. The molecule has 0 amide bonds. The van der Waals surface area contributed by atoms with Crippen LogP contribution in [0.15, 0.2) is 42.5 Å². The molecule has 1 fully saturated rings. The lowest BCUT2D eigenvalue weighted by molar-refractivity contribution is -0.143. The standard InChI is InChI=1S/C29H40N2O7S/c1-4-6-7-17-39(34,35)31(14-5-2)16-15-30-19-24(22-10-13-25-26(18-22)38-20-37-25)27(29(32)33)28(30)21-8-11-23(36-3)12-9-21/h8-13,18,24,27-28H,4-7,14-17,19-20H2,1-3H3,(H,32,33). The first kappa shape index (κ1) is 29.2. The van der Waals surface area contributed by atoms with E-state index in [-0.39, 0.29) is 18.5 Å². The minimum absolute atomic E-state index is 0.139. The van der Waals surface area contributed by atoms with Gasteiger partial charge < -0.3 is 19.3 Å². The van der Waals surface area contributed by atoms with Crippen molar-refractivity contribution >= 4 is 16.0 Å². The summed E-state index contributed by atoms with van der Waals surface area (Å²) in [5, 5.41) is 10.5. The number of likely N-dealkylation sites (tertiary alicyclic amines) is 1. The molecule has 3 atom stereocenters. The first-order chi connectivity index (χ1) is 18.8. The summed E-state index contributed by atoms with van der Waals surface area (Å²) in [6.07, 6.45) is 3.19. The van der Waals surface area contributed by atoms with Crippen LogP contribution in [0.3, 0.4) is 0 Å². The minimum atomic E-state index is -3.40. The van der Waals surface area contributed by atoms with Gasteiger partial charge in [0.05, 0.1) is 18.8 Å². The van der Waals surface area contributed by atoms with Crippen molar-refractivity contribution in [3.63, 3.8) is 0 Å². The van der Waals surface area contributed by atoms with Gasteiger partial charge in [0.15, 0.2) is 11.5 Å². The number of rotatable bonds is 14. The fraction of sp³-hybridized carbons (Fsp3) is 0.552. The molecular formula is C29H40N2O7S. The highest BCUT2D eigenvalue weighted by molar-refractivity contribution is 7.89. The summed E-state index contributed by atoms with van der Waals surface area (Å²) in [4.78, 5) is 14.9. The van der Waals surface area contributed by atoms with Crippen LogP contribution < -0.4 is 14.2 Å². The largest absolute Gasteiger partial charge is 0.497 e. The minimum Gasteiger partial charge on any atom is -0.497 e. The Kier molecular flexibility index (Phi) is 9.74. The molecule has 0 spiro atoms. The van der Waals surface area contributed by atoms with E-state index in [1.807, 2.05) is 49.4 Å². The Labute approximate surface area is 231 Å². The molecule has 9 nitrogen and oxygen atoms in total. The van der Waals surface area contributed by atoms with Gasteiger partial charge in [-0.05, 0) is 48.2 Å². The molecule has 2 aromatic carbocycles. The van der Waals surface area contributed by atoms with E-state index in [0.717, 1.165) is 24.0 Å². The summed E-state index contributed by atoms with van der Waals surface area (Å²) >= 11 is 0. The van der Waals surface area contributed by atoms with Crippen LogP contribution in [-0.4, -0.2) is 74.5 Å². The zero-order chi connectivity index (χ0) is 28.0. The van der Waals surface area contributed by atoms with Crippen LogP contribution in [0.1, 0.15) is 62.6 Å². The highest BCUT2D eigenvalue weighted by Crippen LogP contribution is 2.47. The Morgan fingerprint density at radius 1 is 1.03 bits per heavy atom. The number of methoxy groups -OCH3 is 1. The number of nitrogens with zero attached hydrogens (tertiary/aromatic N) is 2. The smallest absolute Gasteiger partial charge is 0.309 e. The quantitative estimate of drug-likeness (QED) is 0.337. The van der Waals surface area contributed by atoms with Gasteiger partial charge in [0.1, 0.15) is 5.75 Å². The van der Waals surface area contributed by atoms with Gasteiger partial charge in [-0.1, -0.05) is 44.9 Å². The van der Waals surface area contributed by atoms with Gasteiger partial charge >= 0.3 is 5.97 Å². The van der Waals surface area contributed by atoms with Crippen LogP contribution in [0.25, 0.3) is 0 Å². The van der Waals surface area contributed by atoms with Crippen LogP contribution in [-0.2, 0) is 14.8 Å². The maximum atomic E-state index is 13.2. The molecule has 214 valence electrons. The van der Waals surface area contributed by atoms with Crippen LogP contribution in [0.2, 0.25) is 0 Å².